The molecule has 0 fully saturated rings. The third-order valence-corrected chi connectivity index (χ3v) is 4.12. The minimum Gasteiger partial charge on any atom is -0.504 e. The van der Waals surface area contributed by atoms with Crippen molar-refractivity contribution in [3.05, 3.63) is 59.7 Å². The zero-order valence-electron chi connectivity index (χ0n) is 17.9. The van der Waals surface area contributed by atoms with Crippen molar-refractivity contribution in [2.24, 2.45) is 10.3 Å². The van der Waals surface area contributed by atoms with Crippen molar-refractivity contribution in [3.8, 4) is 23.0 Å². The minimum absolute atomic E-state index is 0.0657. The zero-order chi connectivity index (χ0) is 22.6. The highest BCUT2D eigenvalue weighted by Crippen LogP contribution is 2.27. The lowest BCUT2D eigenvalue weighted by molar-refractivity contribution is 0.211. The summed E-state index contributed by atoms with van der Waals surface area (Å²) in [4.78, 5) is 9.90. The van der Waals surface area contributed by atoms with Gasteiger partial charge in [-0.1, -0.05) is 34.6 Å². The van der Waals surface area contributed by atoms with Crippen molar-refractivity contribution in [1.82, 2.24) is 0 Å². The molecule has 31 heavy (non-hydrogen) atoms. The van der Waals surface area contributed by atoms with Crippen molar-refractivity contribution >= 4 is 23.6 Å². The van der Waals surface area contributed by atoms with Crippen LogP contribution in [0.2, 0.25) is 0 Å². The SMILES string of the molecule is CO/N=C(\C=C\c1ccc(O)c(OC)c1)CC(/C=C/c1ccc(O)c(OC)c1)=N/OC. The van der Waals surface area contributed by atoms with E-state index in [4.69, 9.17) is 19.1 Å². The molecule has 2 aromatic rings. The summed E-state index contributed by atoms with van der Waals surface area (Å²) < 4.78 is 10.3. The van der Waals surface area contributed by atoms with Crippen molar-refractivity contribution in [2.75, 3.05) is 28.4 Å². The second-order valence-electron chi connectivity index (χ2n) is 6.24. The van der Waals surface area contributed by atoms with Crippen LogP contribution in [0.25, 0.3) is 12.2 Å². The summed E-state index contributed by atoms with van der Waals surface area (Å²) in [6, 6.07) is 10.0. The van der Waals surface area contributed by atoms with Crippen LogP contribution >= 0.6 is 0 Å². The first-order valence-corrected chi connectivity index (χ1v) is 9.31. The fourth-order valence-electron chi connectivity index (χ4n) is 2.64. The molecule has 2 rings (SSSR count). The number of ether oxygens (including phenoxy) is 2. The summed E-state index contributed by atoms with van der Waals surface area (Å²) in [5.74, 6) is 0.884. The number of hydrogen-bond acceptors (Lipinski definition) is 8. The van der Waals surface area contributed by atoms with E-state index in [9.17, 15) is 10.2 Å². The highest BCUT2D eigenvalue weighted by Gasteiger charge is 2.06. The van der Waals surface area contributed by atoms with Crippen LogP contribution in [0, 0.1) is 0 Å². The number of benzene rings is 2. The lowest BCUT2D eigenvalue weighted by Crippen LogP contribution is -2.05. The number of nitrogens with zero attached hydrogens (tertiary/aromatic N) is 2. The molecule has 0 aliphatic rings. The van der Waals surface area contributed by atoms with Gasteiger partial charge in [0, 0.05) is 6.42 Å². The lowest BCUT2D eigenvalue weighted by atomic mass is 10.1. The Balaban J connectivity index is 2.20. The number of rotatable bonds is 10. The molecule has 0 bridgehead atoms. The average molecular weight is 426 g/mol. The van der Waals surface area contributed by atoms with Gasteiger partial charge in [0.1, 0.15) is 14.2 Å². The Labute approximate surface area is 181 Å². The summed E-state index contributed by atoms with van der Waals surface area (Å²) in [5.41, 5.74) is 2.82. The number of phenolic OH excluding ortho intramolecular Hbond substituents is 2. The van der Waals surface area contributed by atoms with E-state index in [0.717, 1.165) is 11.1 Å². The van der Waals surface area contributed by atoms with Gasteiger partial charge in [-0.2, -0.15) is 0 Å². The summed E-state index contributed by atoms with van der Waals surface area (Å²) in [5, 5.41) is 27.5. The number of hydrogen-bond donors (Lipinski definition) is 2. The van der Waals surface area contributed by atoms with Gasteiger partial charge in [0.15, 0.2) is 23.0 Å². The molecule has 0 atom stereocenters. The van der Waals surface area contributed by atoms with Crippen LogP contribution in [0.3, 0.4) is 0 Å². The van der Waals surface area contributed by atoms with Gasteiger partial charge in [-0.25, -0.2) is 0 Å². The fourth-order valence-corrected chi connectivity index (χ4v) is 2.64. The number of methoxy groups -OCH3 is 2. The Morgan fingerprint density at radius 1 is 0.742 bits per heavy atom. The van der Waals surface area contributed by atoms with Gasteiger partial charge in [0.05, 0.1) is 25.6 Å². The number of allylic oxidation sites excluding steroid dienone is 2. The first kappa shape index (κ1) is 23.3. The van der Waals surface area contributed by atoms with Gasteiger partial charge < -0.3 is 29.4 Å². The van der Waals surface area contributed by atoms with Gasteiger partial charge in [0.25, 0.3) is 0 Å². The highest BCUT2D eigenvalue weighted by atomic mass is 16.6. The van der Waals surface area contributed by atoms with E-state index in [0.29, 0.717) is 29.3 Å². The van der Waals surface area contributed by atoms with Gasteiger partial charge in [0.2, 0.25) is 0 Å². The van der Waals surface area contributed by atoms with Gasteiger partial charge in [-0.3, -0.25) is 0 Å². The molecular weight excluding hydrogens is 400 g/mol. The molecule has 0 aromatic heterocycles. The van der Waals surface area contributed by atoms with Crippen LogP contribution in [0.15, 0.2) is 58.9 Å². The van der Waals surface area contributed by atoms with Crippen LogP contribution in [0.5, 0.6) is 23.0 Å². The maximum atomic E-state index is 9.72. The molecule has 0 unspecified atom stereocenters. The Morgan fingerprint density at radius 3 is 1.52 bits per heavy atom. The molecule has 2 aromatic carbocycles. The summed E-state index contributed by atoms with van der Waals surface area (Å²) >= 11 is 0. The van der Waals surface area contributed by atoms with Gasteiger partial charge in [-0.15, -0.1) is 0 Å². The standard InChI is InChI=1S/C23H26N2O6/c1-28-22-13-16(7-11-20(22)26)5-9-18(24-30-3)15-19(25-31-4)10-6-17-8-12-21(27)23(14-17)29-2/h5-14,26-27H,15H2,1-4H3/b9-5+,10-6+,24-18+,25-19+. The van der Waals surface area contributed by atoms with Crippen LogP contribution in [-0.2, 0) is 9.68 Å². The lowest BCUT2D eigenvalue weighted by Gasteiger charge is -2.05. The second kappa shape index (κ2) is 11.9. The minimum atomic E-state index is 0.0657. The molecule has 2 N–H and O–H groups in total. The van der Waals surface area contributed by atoms with Gasteiger partial charge >= 0.3 is 0 Å². The Kier molecular flexibility index (Phi) is 8.97. The fraction of sp³-hybridized carbons (Fsp3) is 0.217. The molecule has 8 nitrogen and oxygen atoms in total. The first-order valence-electron chi connectivity index (χ1n) is 9.31. The maximum Gasteiger partial charge on any atom is 0.161 e. The predicted octanol–water partition coefficient (Wildman–Crippen LogP) is 4.24. The number of oxime groups is 2. The van der Waals surface area contributed by atoms with Crippen LogP contribution in [0.1, 0.15) is 17.5 Å². The maximum absolute atomic E-state index is 9.72. The summed E-state index contributed by atoms with van der Waals surface area (Å²) in [6.07, 6.45) is 7.52. The molecule has 0 amide bonds. The van der Waals surface area contributed by atoms with E-state index in [2.05, 4.69) is 10.3 Å². The van der Waals surface area contributed by atoms with Crippen molar-refractivity contribution < 1.29 is 29.4 Å². The van der Waals surface area contributed by atoms with E-state index >= 15 is 0 Å². The van der Waals surface area contributed by atoms with E-state index in [-0.39, 0.29) is 11.5 Å². The average Bonchev–Trinajstić information content (AvgIpc) is 2.77. The molecule has 0 aliphatic heterocycles. The third-order valence-electron chi connectivity index (χ3n) is 4.12. The third kappa shape index (κ3) is 7.11. The number of phenols is 2. The molecule has 0 spiro atoms. The van der Waals surface area contributed by atoms with Crippen LogP contribution < -0.4 is 9.47 Å². The van der Waals surface area contributed by atoms with Crippen LogP contribution in [-0.4, -0.2) is 50.1 Å². The van der Waals surface area contributed by atoms with E-state index in [1.54, 1.807) is 48.6 Å². The normalized spacial score (nSPS) is 12.4. The summed E-state index contributed by atoms with van der Waals surface area (Å²) in [6.45, 7) is 0. The predicted molar refractivity (Wildman–Crippen MR) is 121 cm³/mol. The topological polar surface area (TPSA) is 102 Å². The molecule has 164 valence electrons. The molecule has 8 heteroatoms. The monoisotopic (exact) mass is 426 g/mol. The highest BCUT2D eigenvalue weighted by molar-refractivity contribution is 6.15. The quantitative estimate of drug-likeness (QED) is 0.435. The molecule has 0 saturated heterocycles. The zero-order valence-corrected chi connectivity index (χ0v) is 17.9. The van der Waals surface area contributed by atoms with E-state index in [1.807, 2.05) is 12.2 Å². The van der Waals surface area contributed by atoms with E-state index in [1.165, 1.54) is 28.4 Å². The first-order chi connectivity index (χ1) is 15.0. The molecule has 0 saturated carbocycles. The van der Waals surface area contributed by atoms with Crippen molar-refractivity contribution in [3.63, 3.8) is 0 Å². The van der Waals surface area contributed by atoms with Gasteiger partial charge in [-0.05, 0) is 47.5 Å². The Bertz CT molecular complexity index is 916. The van der Waals surface area contributed by atoms with Crippen molar-refractivity contribution in [1.29, 1.82) is 0 Å². The largest absolute Gasteiger partial charge is 0.504 e. The Morgan fingerprint density at radius 2 is 1.16 bits per heavy atom. The molecular formula is C23H26N2O6. The van der Waals surface area contributed by atoms with Crippen molar-refractivity contribution in [2.45, 2.75) is 6.42 Å². The Hall–Kier alpha value is -3.94. The molecule has 0 aliphatic carbocycles. The molecule has 0 heterocycles. The van der Waals surface area contributed by atoms with Crippen LogP contribution in [0.4, 0.5) is 0 Å². The van der Waals surface area contributed by atoms with E-state index < -0.39 is 0 Å². The smallest absolute Gasteiger partial charge is 0.161 e. The molecule has 0 radical (unpaired) electrons. The summed E-state index contributed by atoms with van der Waals surface area (Å²) in [7, 11) is 5.90. The number of aromatic hydroxyl groups is 2. The second-order valence-corrected chi connectivity index (χ2v) is 6.24.